The lowest BCUT2D eigenvalue weighted by molar-refractivity contribution is -0.137. The van der Waals surface area contributed by atoms with Gasteiger partial charge in [0.05, 0.1) is 11.2 Å². The lowest BCUT2D eigenvalue weighted by Gasteiger charge is -2.38. The molecule has 9 nitrogen and oxygen atoms in total. The van der Waals surface area contributed by atoms with Crippen molar-refractivity contribution in [1.82, 2.24) is 14.7 Å². The highest BCUT2D eigenvalue weighted by Gasteiger charge is 2.33. The number of rotatable bonds is 10. The number of hydrogen-bond acceptors (Lipinski definition) is 6. The zero-order valence-corrected chi connectivity index (χ0v) is 24.1. The number of hydrogen-bond donors (Lipinski definition) is 2. The molecular formula is C29H46FN7O2. The molecule has 0 aromatic heterocycles. The molecule has 3 rings (SSSR count). The summed E-state index contributed by atoms with van der Waals surface area (Å²) in [6, 6.07) is 5.22. The molecule has 2 heterocycles. The van der Waals surface area contributed by atoms with Crippen LogP contribution in [0.25, 0.3) is 0 Å². The third-order valence-electron chi connectivity index (χ3n) is 8.05. The van der Waals surface area contributed by atoms with Crippen LogP contribution in [-0.4, -0.2) is 97.3 Å². The average molecular weight is 544 g/mol. The first-order valence-electron chi connectivity index (χ1n) is 14.0. The Morgan fingerprint density at radius 3 is 2.41 bits per heavy atom. The standard InChI is InChI=1S/C29H46FN7O2/c1-6-24(37-18-21(2)23(17-31)19-37)15-22-7-8-25(16-26(22)30)36(20-38)10-9-27(33-5)34-11-13-35(14-12-34)28(39)29(3,4)32/h7-10,16,20-21,23-24H,6,11-15,17-19,31-32H2,1-5H3/b10-9-,33-27?/t21?,23-,24?/m1/s1. The summed E-state index contributed by atoms with van der Waals surface area (Å²) >= 11 is 0. The number of amidine groups is 1. The number of halogens is 1. The summed E-state index contributed by atoms with van der Waals surface area (Å²) in [6.45, 7) is 12.7. The fourth-order valence-corrected chi connectivity index (χ4v) is 5.52. The molecule has 0 saturated carbocycles. The third-order valence-corrected chi connectivity index (χ3v) is 8.05. The molecule has 2 fully saturated rings. The van der Waals surface area contributed by atoms with Gasteiger partial charge in [-0.05, 0) is 68.8 Å². The highest BCUT2D eigenvalue weighted by Crippen LogP contribution is 2.27. The number of anilines is 1. The molecule has 3 atom stereocenters. The maximum atomic E-state index is 15.2. The molecule has 2 unspecified atom stereocenters. The van der Waals surface area contributed by atoms with E-state index in [4.69, 9.17) is 11.5 Å². The quantitative estimate of drug-likeness (QED) is 0.266. The second kappa shape index (κ2) is 13.5. The van der Waals surface area contributed by atoms with Gasteiger partial charge in [0, 0.05) is 58.6 Å². The first kappa shape index (κ1) is 30.7. The average Bonchev–Trinajstić information content (AvgIpc) is 3.30. The lowest BCUT2D eigenvalue weighted by atomic mass is 9.99. The molecule has 39 heavy (non-hydrogen) atoms. The molecule has 0 bridgehead atoms. The van der Waals surface area contributed by atoms with E-state index in [0.29, 0.717) is 74.5 Å². The molecule has 1 aromatic rings. The van der Waals surface area contributed by atoms with Crippen LogP contribution in [0.3, 0.4) is 0 Å². The Morgan fingerprint density at radius 2 is 1.90 bits per heavy atom. The molecule has 0 radical (unpaired) electrons. The van der Waals surface area contributed by atoms with E-state index in [9.17, 15) is 9.59 Å². The number of carbonyl (C=O) groups is 2. The summed E-state index contributed by atoms with van der Waals surface area (Å²) in [4.78, 5) is 36.3. The summed E-state index contributed by atoms with van der Waals surface area (Å²) in [7, 11) is 1.68. The van der Waals surface area contributed by atoms with Gasteiger partial charge in [0.1, 0.15) is 11.7 Å². The van der Waals surface area contributed by atoms with E-state index >= 15 is 4.39 Å². The van der Waals surface area contributed by atoms with Gasteiger partial charge in [-0.3, -0.25) is 24.4 Å². The van der Waals surface area contributed by atoms with Crippen molar-refractivity contribution in [3.8, 4) is 0 Å². The minimum atomic E-state index is -0.906. The smallest absolute Gasteiger partial charge is 0.242 e. The van der Waals surface area contributed by atoms with Gasteiger partial charge in [0.15, 0.2) is 0 Å². The summed E-state index contributed by atoms with van der Waals surface area (Å²) < 4.78 is 15.2. The van der Waals surface area contributed by atoms with Gasteiger partial charge in [-0.15, -0.1) is 0 Å². The molecular weight excluding hydrogens is 497 g/mol. The van der Waals surface area contributed by atoms with Crippen LogP contribution in [0.5, 0.6) is 0 Å². The second-order valence-electron chi connectivity index (χ2n) is 11.4. The molecule has 0 aliphatic carbocycles. The van der Waals surface area contributed by atoms with Crippen LogP contribution in [0.15, 0.2) is 35.5 Å². The number of aliphatic imine (C=N–C) groups is 1. The van der Waals surface area contributed by atoms with Crippen molar-refractivity contribution in [2.45, 2.75) is 52.1 Å². The number of amides is 2. The predicted octanol–water partition coefficient (Wildman–Crippen LogP) is 2.06. The number of piperazine rings is 1. The van der Waals surface area contributed by atoms with Crippen molar-refractivity contribution in [1.29, 1.82) is 0 Å². The van der Waals surface area contributed by atoms with E-state index in [1.165, 1.54) is 11.0 Å². The molecule has 10 heteroatoms. The largest absolute Gasteiger partial charge is 0.353 e. The van der Waals surface area contributed by atoms with E-state index in [2.05, 4.69) is 28.6 Å². The van der Waals surface area contributed by atoms with E-state index < -0.39 is 5.54 Å². The van der Waals surface area contributed by atoms with Gasteiger partial charge in [-0.2, -0.15) is 0 Å². The molecule has 0 spiro atoms. The molecule has 1 aromatic carbocycles. The van der Waals surface area contributed by atoms with E-state index in [0.717, 1.165) is 19.5 Å². The van der Waals surface area contributed by atoms with Crippen molar-refractivity contribution in [2.75, 3.05) is 57.8 Å². The Bertz CT molecular complexity index is 1050. The fourth-order valence-electron chi connectivity index (χ4n) is 5.52. The Kier molecular flexibility index (Phi) is 10.6. The predicted molar refractivity (Wildman–Crippen MR) is 155 cm³/mol. The Balaban J connectivity index is 1.64. The van der Waals surface area contributed by atoms with Gasteiger partial charge in [0.25, 0.3) is 0 Å². The maximum absolute atomic E-state index is 15.2. The first-order valence-corrected chi connectivity index (χ1v) is 14.0. The lowest BCUT2D eigenvalue weighted by Crippen LogP contribution is -2.57. The highest BCUT2D eigenvalue weighted by atomic mass is 19.1. The highest BCUT2D eigenvalue weighted by molar-refractivity contribution is 5.94. The van der Waals surface area contributed by atoms with Gasteiger partial charge >= 0.3 is 0 Å². The number of nitrogens with two attached hydrogens (primary N) is 2. The van der Waals surface area contributed by atoms with Crippen molar-refractivity contribution in [2.24, 2.45) is 28.3 Å². The van der Waals surface area contributed by atoms with Gasteiger partial charge in [-0.25, -0.2) is 4.39 Å². The van der Waals surface area contributed by atoms with Gasteiger partial charge < -0.3 is 21.3 Å². The van der Waals surface area contributed by atoms with Crippen LogP contribution in [0.1, 0.15) is 39.7 Å². The molecule has 216 valence electrons. The van der Waals surface area contributed by atoms with Crippen LogP contribution in [0.2, 0.25) is 0 Å². The van der Waals surface area contributed by atoms with Crippen molar-refractivity contribution in [3.63, 3.8) is 0 Å². The van der Waals surface area contributed by atoms with Crippen LogP contribution in [0.4, 0.5) is 10.1 Å². The van der Waals surface area contributed by atoms with Gasteiger partial charge in [-0.1, -0.05) is 19.9 Å². The Morgan fingerprint density at radius 1 is 1.23 bits per heavy atom. The third kappa shape index (κ3) is 7.64. The summed E-state index contributed by atoms with van der Waals surface area (Å²) in [5.74, 6) is 1.32. The van der Waals surface area contributed by atoms with Crippen LogP contribution >= 0.6 is 0 Å². The van der Waals surface area contributed by atoms with Crippen molar-refractivity contribution >= 4 is 23.8 Å². The van der Waals surface area contributed by atoms with Crippen LogP contribution < -0.4 is 16.4 Å². The zero-order valence-electron chi connectivity index (χ0n) is 24.1. The number of likely N-dealkylation sites (tertiary alicyclic amines) is 1. The molecule has 4 N–H and O–H groups in total. The number of carbonyl (C=O) groups excluding carboxylic acids is 2. The minimum absolute atomic E-state index is 0.0784. The molecule has 2 amide bonds. The number of benzene rings is 1. The summed E-state index contributed by atoms with van der Waals surface area (Å²) in [6.07, 6.45) is 5.54. The second-order valence-corrected chi connectivity index (χ2v) is 11.4. The molecule has 2 saturated heterocycles. The van der Waals surface area contributed by atoms with E-state index in [-0.39, 0.29) is 17.8 Å². The van der Waals surface area contributed by atoms with Crippen molar-refractivity contribution < 1.29 is 14.0 Å². The minimum Gasteiger partial charge on any atom is -0.353 e. The Labute approximate surface area is 232 Å². The Hall–Kier alpha value is -2.82. The maximum Gasteiger partial charge on any atom is 0.242 e. The SMILES string of the molecule is CCC(Cc1ccc(N(C=O)/C=C\C(=NC)N2CCN(C(=O)C(C)(C)N)CC2)cc1F)N1CC(C)[C@H](CN)C1. The van der Waals surface area contributed by atoms with Gasteiger partial charge in [0.2, 0.25) is 12.3 Å². The normalized spacial score (nSPS) is 22.0. The molecule has 2 aliphatic rings. The van der Waals surface area contributed by atoms with Crippen LogP contribution in [0, 0.1) is 17.7 Å². The topological polar surface area (TPSA) is 112 Å². The summed E-state index contributed by atoms with van der Waals surface area (Å²) in [5.41, 5.74) is 12.1. The fraction of sp³-hybridized carbons (Fsp3) is 0.621. The van der Waals surface area contributed by atoms with E-state index in [1.54, 1.807) is 50.2 Å². The zero-order chi connectivity index (χ0) is 28.7. The molecule has 2 aliphatic heterocycles. The summed E-state index contributed by atoms with van der Waals surface area (Å²) in [5, 5.41) is 0. The monoisotopic (exact) mass is 543 g/mol. The number of nitrogens with zero attached hydrogens (tertiary/aromatic N) is 5. The van der Waals surface area contributed by atoms with Crippen molar-refractivity contribution in [3.05, 3.63) is 41.9 Å². The first-order chi connectivity index (χ1) is 18.5. The van der Waals surface area contributed by atoms with E-state index in [1.807, 2.05) is 0 Å². The van der Waals surface area contributed by atoms with Crippen LogP contribution in [-0.2, 0) is 16.0 Å².